The monoisotopic (exact) mass is 383 g/mol. The molecule has 3 N–H and O–H groups in total. The Morgan fingerprint density at radius 1 is 1.21 bits per heavy atom. The third-order valence-corrected chi connectivity index (χ3v) is 5.10. The molecule has 148 valence electrons. The van der Waals surface area contributed by atoms with Crippen molar-refractivity contribution >= 4 is 28.5 Å². The van der Waals surface area contributed by atoms with Gasteiger partial charge in [-0.3, -0.25) is 19.4 Å². The summed E-state index contributed by atoms with van der Waals surface area (Å²) >= 11 is 0. The maximum Gasteiger partial charge on any atom is 0.308 e. The van der Waals surface area contributed by atoms with Crippen LogP contribution in [0.2, 0.25) is 0 Å². The number of aliphatic carboxylic acids is 1. The number of hydrogen-bond acceptors (Lipinski definition) is 5. The number of nitriles is 1. The minimum atomic E-state index is -0.957. The lowest BCUT2D eigenvalue weighted by Crippen LogP contribution is -2.48. The minimum absolute atomic E-state index is 0.0628. The van der Waals surface area contributed by atoms with Gasteiger partial charge in [0.05, 0.1) is 12.0 Å². The predicted molar refractivity (Wildman–Crippen MR) is 106 cm³/mol. The van der Waals surface area contributed by atoms with Gasteiger partial charge < -0.3 is 15.4 Å². The molecule has 0 bridgehead atoms. The number of aromatic nitrogens is 1. The molecule has 0 aliphatic carbocycles. The Labute approximate surface area is 163 Å². The summed E-state index contributed by atoms with van der Waals surface area (Å²) in [7, 11) is 0. The van der Waals surface area contributed by atoms with Gasteiger partial charge >= 0.3 is 5.97 Å². The lowest BCUT2D eigenvalue weighted by Gasteiger charge is -2.35. The van der Waals surface area contributed by atoms with Crippen LogP contribution in [0, 0.1) is 17.2 Å². The lowest BCUT2D eigenvalue weighted by atomic mass is 10.0. The first-order valence-corrected chi connectivity index (χ1v) is 9.46. The third-order valence-electron chi connectivity index (χ3n) is 5.10. The zero-order chi connectivity index (χ0) is 19.9. The maximum atomic E-state index is 12.4. The number of anilines is 1. The first kappa shape index (κ1) is 19.9. The summed E-state index contributed by atoms with van der Waals surface area (Å²) in [5.74, 6) is -2.01. The summed E-state index contributed by atoms with van der Waals surface area (Å²) in [6.07, 6.45) is 2.27. The van der Waals surface area contributed by atoms with E-state index in [-0.39, 0.29) is 12.3 Å². The van der Waals surface area contributed by atoms with E-state index in [1.165, 1.54) is 0 Å². The van der Waals surface area contributed by atoms with Crippen molar-refractivity contribution < 1.29 is 14.7 Å². The molecule has 1 atom stereocenters. The van der Waals surface area contributed by atoms with Crippen molar-refractivity contribution in [3.8, 4) is 6.07 Å². The van der Waals surface area contributed by atoms with Crippen molar-refractivity contribution in [2.45, 2.75) is 12.8 Å². The van der Waals surface area contributed by atoms with Gasteiger partial charge in [-0.05, 0) is 23.6 Å². The number of nitrogens with one attached hydrogen (secondary N) is 2. The number of carboxylic acid groups (broad SMARTS) is 1. The molecule has 1 aromatic carbocycles. The molecule has 1 aliphatic rings. The molecule has 0 saturated carbocycles. The number of nitrogens with zero attached hydrogens (tertiary/aromatic N) is 3. The number of carbonyl (C=O) groups excluding carboxylic acids is 1. The molecule has 1 unspecified atom stereocenters. The molecule has 1 aliphatic heterocycles. The van der Waals surface area contributed by atoms with Crippen LogP contribution < -0.4 is 5.32 Å². The van der Waals surface area contributed by atoms with Gasteiger partial charge in [-0.2, -0.15) is 5.26 Å². The summed E-state index contributed by atoms with van der Waals surface area (Å²) < 4.78 is 0. The predicted octanol–water partition coefficient (Wildman–Crippen LogP) is 1.73. The standard InChI is InChI=1S/C20H25N5O3/c21-5-1-7-24-8-10-25(11-9-24)14-16(20(27)28)12-19(26)23-17-3-2-15-4-6-22-18(15)13-17/h2-4,6,13,16,22H,1,7-12,14H2,(H,23,26)(H,27,28). The first-order chi connectivity index (χ1) is 13.5. The van der Waals surface area contributed by atoms with E-state index in [9.17, 15) is 14.7 Å². The van der Waals surface area contributed by atoms with Crippen LogP contribution in [0.3, 0.4) is 0 Å². The number of rotatable bonds is 8. The van der Waals surface area contributed by atoms with Crippen LogP contribution in [-0.4, -0.2) is 71.0 Å². The summed E-state index contributed by atoms with van der Waals surface area (Å²) in [5.41, 5.74) is 1.57. The molecule has 2 aromatic rings. The van der Waals surface area contributed by atoms with Gasteiger partial charge in [0.15, 0.2) is 0 Å². The van der Waals surface area contributed by atoms with Crippen LogP contribution in [0.15, 0.2) is 30.5 Å². The van der Waals surface area contributed by atoms with Gasteiger partial charge in [-0.25, -0.2) is 0 Å². The van der Waals surface area contributed by atoms with E-state index in [1.807, 2.05) is 30.5 Å². The number of carbonyl (C=O) groups is 2. The molecule has 8 nitrogen and oxygen atoms in total. The second-order valence-electron chi connectivity index (χ2n) is 7.12. The average Bonchev–Trinajstić information content (AvgIpc) is 3.14. The highest BCUT2D eigenvalue weighted by Gasteiger charge is 2.26. The number of carboxylic acids is 1. The molecular formula is C20H25N5O3. The summed E-state index contributed by atoms with van der Waals surface area (Å²) in [6.45, 7) is 4.23. The highest BCUT2D eigenvalue weighted by molar-refractivity contribution is 5.95. The molecule has 1 saturated heterocycles. The Morgan fingerprint density at radius 3 is 2.68 bits per heavy atom. The van der Waals surface area contributed by atoms with Crippen molar-refractivity contribution in [2.75, 3.05) is 44.6 Å². The molecule has 1 fully saturated rings. The van der Waals surface area contributed by atoms with Crippen LogP contribution >= 0.6 is 0 Å². The summed E-state index contributed by atoms with van der Waals surface area (Å²) in [6, 6.07) is 9.64. The van der Waals surface area contributed by atoms with E-state index < -0.39 is 11.9 Å². The second-order valence-corrected chi connectivity index (χ2v) is 7.12. The molecule has 3 rings (SSSR count). The van der Waals surface area contributed by atoms with Crippen LogP contribution in [-0.2, 0) is 9.59 Å². The van der Waals surface area contributed by atoms with E-state index in [2.05, 4.69) is 26.2 Å². The zero-order valence-corrected chi connectivity index (χ0v) is 15.7. The van der Waals surface area contributed by atoms with Gasteiger partial charge in [0.1, 0.15) is 0 Å². The van der Waals surface area contributed by atoms with Crippen LogP contribution in [0.25, 0.3) is 10.9 Å². The van der Waals surface area contributed by atoms with Crippen LogP contribution in [0.5, 0.6) is 0 Å². The van der Waals surface area contributed by atoms with E-state index in [4.69, 9.17) is 5.26 Å². The fourth-order valence-electron chi connectivity index (χ4n) is 3.51. The van der Waals surface area contributed by atoms with E-state index in [0.29, 0.717) is 18.7 Å². The zero-order valence-electron chi connectivity index (χ0n) is 15.7. The Hall–Kier alpha value is -2.89. The molecular weight excluding hydrogens is 358 g/mol. The number of fused-ring (bicyclic) bond motifs is 1. The van der Waals surface area contributed by atoms with Gasteiger partial charge in [0.2, 0.25) is 5.91 Å². The first-order valence-electron chi connectivity index (χ1n) is 9.46. The largest absolute Gasteiger partial charge is 0.481 e. The lowest BCUT2D eigenvalue weighted by molar-refractivity contribution is -0.144. The Balaban J connectivity index is 1.50. The number of piperazine rings is 1. The molecule has 2 heterocycles. The fourth-order valence-corrected chi connectivity index (χ4v) is 3.51. The van der Waals surface area contributed by atoms with Gasteiger partial charge in [-0.15, -0.1) is 0 Å². The molecule has 0 radical (unpaired) electrons. The number of benzene rings is 1. The normalized spacial score (nSPS) is 16.5. The minimum Gasteiger partial charge on any atom is -0.481 e. The summed E-state index contributed by atoms with van der Waals surface area (Å²) in [5, 5.41) is 22.1. The van der Waals surface area contributed by atoms with Crippen molar-refractivity contribution in [1.29, 1.82) is 5.26 Å². The fraction of sp³-hybridized carbons (Fsp3) is 0.450. The van der Waals surface area contributed by atoms with Crippen LogP contribution in [0.4, 0.5) is 5.69 Å². The Bertz CT molecular complexity index is 864. The highest BCUT2D eigenvalue weighted by atomic mass is 16.4. The van der Waals surface area contributed by atoms with Gasteiger partial charge in [0.25, 0.3) is 0 Å². The molecule has 1 amide bonds. The quantitative estimate of drug-likeness (QED) is 0.640. The maximum absolute atomic E-state index is 12.4. The van der Waals surface area contributed by atoms with Crippen molar-refractivity contribution in [2.24, 2.45) is 5.92 Å². The number of hydrogen-bond donors (Lipinski definition) is 3. The Morgan fingerprint density at radius 2 is 1.96 bits per heavy atom. The highest BCUT2D eigenvalue weighted by Crippen LogP contribution is 2.18. The SMILES string of the molecule is N#CCCN1CCN(CC(CC(=O)Nc2ccc3cc[nH]c3c2)C(=O)O)CC1. The summed E-state index contributed by atoms with van der Waals surface area (Å²) in [4.78, 5) is 31.4. The number of H-pyrrole nitrogens is 1. The molecule has 0 spiro atoms. The smallest absolute Gasteiger partial charge is 0.308 e. The topological polar surface area (TPSA) is 112 Å². The van der Waals surface area contributed by atoms with E-state index in [0.717, 1.165) is 43.6 Å². The van der Waals surface area contributed by atoms with Crippen LogP contribution in [0.1, 0.15) is 12.8 Å². The number of aromatic amines is 1. The van der Waals surface area contributed by atoms with Gasteiger partial charge in [0, 0.05) is 69.5 Å². The van der Waals surface area contributed by atoms with Gasteiger partial charge in [-0.1, -0.05) is 6.07 Å². The van der Waals surface area contributed by atoms with Crippen molar-refractivity contribution in [1.82, 2.24) is 14.8 Å². The Kier molecular flexibility index (Phi) is 6.63. The van der Waals surface area contributed by atoms with Crippen molar-refractivity contribution in [3.05, 3.63) is 30.5 Å². The van der Waals surface area contributed by atoms with Crippen molar-refractivity contribution in [3.63, 3.8) is 0 Å². The molecule has 8 heteroatoms. The molecule has 28 heavy (non-hydrogen) atoms. The molecule has 1 aromatic heterocycles. The van der Waals surface area contributed by atoms with E-state index >= 15 is 0 Å². The second kappa shape index (κ2) is 9.35. The average molecular weight is 383 g/mol. The number of amides is 1. The van der Waals surface area contributed by atoms with E-state index in [1.54, 1.807) is 0 Å². The third kappa shape index (κ3) is 5.31.